The van der Waals surface area contributed by atoms with E-state index in [1.54, 1.807) is 4.90 Å². The number of aliphatic carboxylic acids is 1. The van der Waals surface area contributed by atoms with Gasteiger partial charge in [-0.15, -0.1) is 0 Å². The summed E-state index contributed by atoms with van der Waals surface area (Å²) in [5.41, 5.74) is 0. The lowest BCUT2D eigenvalue weighted by Gasteiger charge is -2.30. The zero-order valence-corrected chi connectivity index (χ0v) is 13.6. The average molecular weight is 302 g/mol. The van der Waals surface area contributed by atoms with Crippen LogP contribution >= 0.6 is 0 Å². The summed E-state index contributed by atoms with van der Waals surface area (Å²) in [4.78, 5) is 25.0. The Kier molecular flexibility index (Phi) is 9.78. The maximum atomic E-state index is 12.2. The van der Waals surface area contributed by atoms with Gasteiger partial charge in [-0.1, -0.05) is 27.7 Å². The Morgan fingerprint density at radius 1 is 1.19 bits per heavy atom. The van der Waals surface area contributed by atoms with Gasteiger partial charge in [-0.05, 0) is 25.2 Å². The van der Waals surface area contributed by atoms with Gasteiger partial charge in [0.25, 0.3) is 0 Å². The molecule has 2 amide bonds. The van der Waals surface area contributed by atoms with Gasteiger partial charge < -0.3 is 20.4 Å². The fourth-order valence-corrected chi connectivity index (χ4v) is 2.44. The fourth-order valence-electron chi connectivity index (χ4n) is 2.44. The molecule has 1 unspecified atom stereocenters. The third-order valence-electron chi connectivity index (χ3n) is 3.59. The zero-order valence-electron chi connectivity index (χ0n) is 13.6. The van der Waals surface area contributed by atoms with E-state index >= 15 is 0 Å². The molecule has 0 saturated carbocycles. The second-order valence-corrected chi connectivity index (χ2v) is 5.74. The lowest BCUT2D eigenvalue weighted by atomic mass is 9.97. The number of aliphatic hydroxyl groups is 1. The van der Waals surface area contributed by atoms with Gasteiger partial charge in [0.05, 0.1) is 12.5 Å². The first-order valence-electron chi connectivity index (χ1n) is 7.75. The Balaban J connectivity index is 4.62. The summed E-state index contributed by atoms with van der Waals surface area (Å²) in [6.07, 6.45) is 2.14. The van der Waals surface area contributed by atoms with Crippen LogP contribution in [0.5, 0.6) is 0 Å². The number of carboxylic acid groups (broad SMARTS) is 1. The maximum absolute atomic E-state index is 12.2. The van der Waals surface area contributed by atoms with E-state index in [9.17, 15) is 14.7 Å². The van der Waals surface area contributed by atoms with Gasteiger partial charge in [0.2, 0.25) is 0 Å². The van der Waals surface area contributed by atoms with Gasteiger partial charge in [-0.25, -0.2) is 4.79 Å². The van der Waals surface area contributed by atoms with Gasteiger partial charge in [-0.2, -0.15) is 0 Å². The minimum atomic E-state index is -0.889. The molecule has 21 heavy (non-hydrogen) atoms. The van der Waals surface area contributed by atoms with Crippen LogP contribution in [0.4, 0.5) is 4.79 Å². The van der Waals surface area contributed by atoms with Crippen molar-refractivity contribution in [2.24, 2.45) is 11.8 Å². The molecule has 0 radical (unpaired) electrons. The van der Waals surface area contributed by atoms with E-state index in [0.717, 1.165) is 12.8 Å². The van der Waals surface area contributed by atoms with Gasteiger partial charge >= 0.3 is 12.0 Å². The summed E-state index contributed by atoms with van der Waals surface area (Å²) >= 11 is 0. The molecular formula is C15H30N2O4. The van der Waals surface area contributed by atoms with Crippen LogP contribution < -0.4 is 5.32 Å². The normalized spacial score (nSPS) is 12.5. The van der Waals surface area contributed by atoms with Crippen LogP contribution in [-0.4, -0.2) is 52.9 Å². The smallest absolute Gasteiger partial charge is 0.317 e. The highest BCUT2D eigenvalue weighted by Crippen LogP contribution is 2.12. The predicted molar refractivity (Wildman–Crippen MR) is 82.1 cm³/mol. The van der Waals surface area contributed by atoms with E-state index in [0.29, 0.717) is 6.42 Å². The largest absolute Gasteiger partial charge is 0.481 e. The standard InChI is InChI=1S/C15H30N2O4/c1-5-13(6-2)17(7-8-18)15(21)16-10-12(14(19)20)9-11(3)4/h11-13,18H,5-10H2,1-4H3,(H,16,21)(H,19,20). The van der Waals surface area contributed by atoms with Crippen LogP contribution in [-0.2, 0) is 4.79 Å². The lowest BCUT2D eigenvalue weighted by Crippen LogP contribution is -2.48. The van der Waals surface area contributed by atoms with Crippen LogP contribution in [0.3, 0.4) is 0 Å². The number of rotatable bonds is 10. The molecule has 0 aromatic rings. The molecule has 0 aliphatic carbocycles. The van der Waals surface area contributed by atoms with Crippen molar-refractivity contribution in [1.29, 1.82) is 0 Å². The molecule has 0 bridgehead atoms. The van der Waals surface area contributed by atoms with Gasteiger partial charge in [0, 0.05) is 19.1 Å². The maximum Gasteiger partial charge on any atom is 0.317 e. The Labute approximate surface area is 127 Å². The Hall–Kier alpha value is -1.30. The highest BCUT2D eigenvalue weighted by Gasteiger charge is 2.24. The minimum Gasteiger partial charge on any atom is -0.481 e. The summed E-state index contributed by atoms with van der Waals surface area (Å²) < 4.78 is 0. The second kappa shape index (κ2) is 10.4. The Morgan fingerprint density at radius 2 is 1.76 bits per heavy atom. The molecule has 0 rings (SSSR count). The molecule has 0 aliphatic heterocycles. The van der Waals surface area contributed by atoms with E-state index in [4.69, 9.17) is 5.11 Å². The number of nitrogens with one attached hydrogen (secondary N) is 1. The van der Waals surface area contributed by atoms with Gasteiger partial charge in [0.1, 0.15) is 0 Å². The summed E-state index contributed by atoms with van der Waals surface area (Å²) in [5, 5.41) is 21.0. The molecule has 0 spiro atoms. The van der Waals surface area contributed by atoms with Crippen molar-refractivity contribution in [1.82, 2.24) is 10.2 Å². The molecule has 1 atom stereocenters. The van der Waals surface area contributed by atoms with Crippen molar-refractivity contribution in [2.45, 2.75) is 53.0 Å². The highest BCUT2D eigenvalue weighted by atomic mass is 16.4. The van der Waals surface area contributed by atoms with E-state index in [-0.39, 0.29) is 37.7 Å². The number of hydrogen-bond acceptors (Lipinski definition) is 3. The van der Waals surface area contributed by atoms with Crippen LogP contribution in [0.2, 0.25) is 0 Å². The van der Waals surface area contributed by atoms with Crippen molar-refractivity contribution >= 4 is 12.0 Å². The average Bonchev–Trinajstić information content (AvgIpc) is 2.42. The van der Waals surface area contributed by atoms with Crippen LogP contribution in [0.15, 0.2) is 0 Å². The summed E-state index contributed by atoms with van der Waals surface area (Å²) in [7, 11) is 0. The van der Waals surface area contributed by atoms with Gasteiger partial charge in [0.15, 0.2) is 0 Å². The number of aliphatic hydroxyl groups excluding tert-OH is 1. The lowest BCUT2D eigenvalue weighted by molar-refractivity contribution is -0.142. The summed E-state index contributed by atoms with van der Waals surface area (Å²) in [5.74, 6) is -1.21. The number of carboxylic acids is 1. The first kappa shape index (κ1) is 19.7. The Bertz CT molecular complexity index is 317. The molecule has 0 aliphatic rings. The topological polar surface area (TPSA) is 89.9 Å². The van der Waals surface area contributed by atoms with Crippen molar-refractivity contribution < 1.29 is 19.8 Å². The third-order valence-corrected chi connectivity index (χ3v) is 3.59. The number of amides is 2. The van der Waals surface area contributed by atoms with Crippen molar-refractivity contribution in [3.63, 3.8) is 0 Å². The number of nitrogens with zero attached hydrogens (tertiary/aromatic N) is 1. The molecule has 0 aromatic heterocycles. The molecule has 6 nitrogen and oxygen atoms in total. The van der Waals surface area contributed by atoms with E-state index in [2.05, 4.69) is 5.32 Å². The van der Waals surface area contributed by atoms with Crippen LogP contribution in [0.25, 0.3) is 0 Å². The number of urea groups is 1. The molecule has 3 N–H and O–H groups in total. The SMILES string of the molecule is CCC(CC)N(CCO)C(=O)NCC(CC(C)C)C(=O)O. The molecule has 124 valence electrons. The Morgan fingerprint density at radius 3 is 2.14 bits per heavy atom. The summed E-state index contributed by atoms with van der Waals surface area (Å²) in [6.45, 7) is 8.18. The van der Waals surface area contributed by atoms with Crippen molar-refractivity contribution in [3.05, 3.63) is 0 Å². The zero-order chi connectivity index (χ0) is 16.4. The monoisotopic (exact) mass is 302 g/mol. The molecule has 0 fully saturated rings. The van der Waals surface area contributed by atoms with Crippen molar-refractivity contribution in [2.75, 3.05) is 19.7 Å². The van der Waals surface area contributed by atoms with Crippen molar-refractivity contribution in [3.8, 4) is 0 Å². The number of hydrogen-bond donors (Lipinski definition) is 3. The minimum absolute atomic E-state index is 0.0607. The number of carbonyl (C=O) groups excluding carboxylic acids is 1. The third kappa shape index (κ3) is 7.32. The molecule has 0 heterocycles. The van der Waals surface area contributed by atoms with E-state index in [1.807, 2.05) is 27.7 Å². The number of carbonyl (C=O) groups is 2. The van der Waals surface area contributed by atoms with E-state index < -0.39 is 11.9 Å². The second-order valence-electron chi connectivity index (χ2n) is 5.74. The first-order valence-corrected chi connectivity index (χ1v) is 7.75. The highest BCUT2D eigenvalue weighted by molar-refractivity contribution is 5.76. The van der Waals surface area contributed by atoms with Crippen LogP contribution in [0.1, 0.15) is 47.0 Å². The van der Waals surface area contributed by atoms with Crippen LogP contribution in [0, 0.1) is 11.8 Å². The van der Waals surface area contributed by atoms with E-state index in [1.165, 1.54) is 0 Å². The molecular weight excluding hydrogens is 272 g/mol. The molecule has 6 heteroatoms. The fraction of sp³-hybridized carbons (Fsp3) is 0.867. The van der Waals surface area contributed by atoms with Gasteiger partial charge in [-0.3, -0.25) is 4.79 Å². The molecule has 0 saturated heterocycles. The summed E-state index contributed by atoms with van der Waals surface area (Å²) in [6, 6.07) is -0.238. The molecule has 0 aromatic carbocycles. The first-order chi connectivity index (χ1) is 9.87. The predicted octanol–water partition coefficient (Wildman–Crippen LogP) is 1.93. The quantitative estimate of drug-likeness (QED) is 0.575.